The summed E-state index contributed by atoms with van der Waals surface area (Å²) in [6.07, 6.45) is 1.64. The smallest absolute Gasteiger partial charge is 0.306 e. The number of nitrogens with zero attached hydrogens (tertiary/aromatic N) is 1. The van der Waals surface area contributed by atoms with Gasteiger partial charge in [0, 0.05) is 34.6 Å². The molecule has 1 aromatic carbocycles. The fourth-order valence-corrected chi connectivity index (χ4v) is 3.43. The highest BCUT2D eigenvalue weighted by molar-refractivity contribution is 9.10. The van der Waals surface area contributed by atoms with Gasteiger partial charge in [-0.2, -0.15) is 0 Å². The Labute approximate surface area is 137 Å². The number of rotatable bonds is 5. The van der Waals surface area contributed by atoms with Gasteiger partial charge in [0.15, 0.2) is 0 Å². The van der Waals surface area contributed by atoms with Crippen LogP contribution < -0.4 is 0 Å². The predicted octanol–water partition coefficient (Wildman–Crippen LogP) is 3.25. The number of hydrogen-bond donors (Lipinski definition) is 1. The van der Waals surface area contributed by atoms with Crippen LogP contribution in [0.5, 0.6) is 0 Å². The van der Waals surface area contributed by atoms with Crippen LogP contribution in [0.3, 0.4) is 0 Å². The molecule has 1 fully saturated rings. The standard InChI is InChI=1S/C15H18BrNO3S/c16-12-1-3-13(4-2-12)21-10-7-14(18)17-8-5-11(6-9-17)15(19)20/h1-4,11H,5-10H2,(H,19,20). The molecule has 0 atom stereocenters. The molecule has 6 heteroatoms. The molecule has 1 aromatic rings. The number of carboxylic acid groups (broad SMARTS) is 1. The third-order valence-corrected chi connectivity index (χ3v) is 5.14. The third-order valence-electron chi connectivity index (χ3n) is 3.60. The molecule has 1 aliphatic heterocycles. The molecule has 0 unspecified atom stereocenters. The summed E-state index contributed by atoms with van der Waals surface area (Å²) in [5, 5.41) is 8.94. The highest BCUT2D eigenvalue weighted by atomic mass is 79.9. The highest BCUT2D eigenvalue weighted by Gasteiger charge is 2.26. The Balaban J connectivity index is 1.70. The number of carbonyl (C=O) groups is 2. The third kappa shape index (κ3) is 5.04. The number of likely N-dealkylation sites (tertiary alicyclic amines) is 1. The van der Waals surface area contributed by atoms with Crippen molar-refractivity contribution in [3.05, 3.63) is 28.7 Å². The average molecular weight is 372 g/mol. The quantitative estimate of drug-likeness (QED) is 0.807. The Morgan fingerprint density at radius 1 is 1.24 bits per heavy atom. The summed E-state index contributed by atoms with van der Waals surface area (Å²) in [4.78, 5) is 25.9. The average Bonchev–Trinajstić information content (AvgIpc) is 2.49. The minimum atomic E-state index is -0.743. The van der Waals surface area contributed by atoms with Crippen molar-refractivity contribution >= 4 is 39.6 Å². The molecule has 114 valence electrons. The van der Waals surface area contributed by atoms with E-state index in [1.54, 1.807) is 16.7 Å². The summed E-state index contributed by atoms with van der Waals surface area (Å²) in [5.74, 6) is -0.151. The van der Waals surface area contributed by atoms with Crippen molar-refractivity contribution in [2.24, 2.45) is 5.92 Å². The topological polar surface area (TPSA) is 57.6 Å². The van der Waals surface area contributed by atoms with Crippen LogP contribution in [0.4, 0.5) is 0 Å². The monoisotopic (exact) mass is 371 g/mol. The molecule has 2 rings (SSSR count). The second-order valence-corrected chi connectivity index (χ2v) is 7.13. The van der Waals surface area contributed by atoms with E-state index in [0.717, 1.165) is 15.1 Å². The van der Waals surface area contributed by atoms with Crippen LogP contribution in [0.25, 0.3) is 0 Å². The number of halogens is 1. The van der Waals surface area contributed by atoms with Crippen molar-refractivity contribution in [2.75, 3.05) is 18.8 Å². The fourth-order valence-electron chi connectivity index (χ4n) is 2.32. The first-order valence-electron chi connectivity index (χ1n) is 6.95. The van der Waals surface area contributed by atoms with Crippen molar-refractivity contribution in [2.45, 2.75) is 24.2 Å². The molecule has 1 amide bonds. The van der Waals surface area contributed by atoms with E-state index in [-0.39, 0.29) is 11.8 Å². The van der Waals surface area contributed by atoms with Gasteiger partial charge in [0.1, 0.15) is 0 Å². The summed E-state index contributed by atoms with van der Waals surface area (Å²) >= 11 is 5.06. The number of benzene rings is 1. The zero-order valence-corrected chi connectivity index (χ0v) is 14.0. The Morgan fingerprint density at radius 3 is 2.43 bits per heavy atom. The maximum absolute atomic E-state index is 12.1. The Kier molecular flexibility index (Phi) is 6.11. The van der Waals surface area contributed by atoms with E-state index in [0.29, 0.717) is 32.4 Å². The van der Waals surface area contributed by atoms with Gasteiger partial charge in [0.2, 0.25) is 5.91 Å². The highest BCUT2D eigenvalue weighted by Crippen LogP contribution is 2.22. The molecule has 0 radical (unpaired) electrons. The Hall–Kier alpha value is -1.01. The number of aliphatic carboxylic acids is 1. The van der Waals surface area contributed by atoms with Gasteiger partial charge in [0.25, 0.3) is 0 Å². The lowest BCUT2D eigenvalue weighted by atomic mass is 9.97. The minimum Gasteiger partial charge on any atom is -0.481 e. The Morgan fingerprint density at radius 2 is 1.86 bits per heavy atom. The minimum absolute atomic E-state index is 0.128. The molecule has 0 bridgehead atoms. The molecule has 21 heavy (non-hydrogen) atoms. The van der Waals surface area contributed by atoms with Crippen LogP contribution in [0, 0.1) is 5.92 Å². The van der Waals surface area contributed by atoms with E-state index in [1.807, 2.05) is 24.3 Å². The van der Waals surface area contributed by atoms with Crippen LogP contribution in [-0.4, -0.2) is 40.7 Å². The van der Waals surface area contributed by atoms with Crippen molar-refractivity contribution in [3.63, 3.8) is 0 Å². The van der Waals surface area contributed by atoms with E-state index in [4.69, 9.17) is 5.11 Å². The number of hydrogen-bond acceptors (Lipinski definition) is 3. The van der Waals surface area contributed by atoms with Crippen LogP contribution in [-0.2, 0) is 9.59 Å². The fraction of sp³-hybridized carbons (Fsp3) is 0.467. The molecule has 0 aromatic heterocycles. The Bertz CT molecular complexity index is 498. The van der Waals surface area contributed by atoms with Crippen LogP contribution in [0.2, 0.25) is 0 Å². The van der Waals surface area contributed by atoms with Gasteiger partial charge in [0.05, 0.1) is 5.92 Å². The molecule has 0 aliphatic carbocycles. The van der Waals surface area contributed by atoms with Gasteiger partial charge >= 0.3 is 5.97 Å². The van der Waals surface area contributed by atoms with Crippen LogP contribution in [0.15, 0.2) is 33.6 Å². The van der Waals surface area contributed by atoms with E-state index in [1.165, 1.54) is 0 Å². The number of carboxylic acids is 1. The van der Waals surface area contributed by atoms with Gasteiger partial charge < -0.3 is 10.0 Å². The first-order valence-corrected chi connectivity index (χ1v) is 8.73. The number of thioether (sulfide) groups is 1. The van der Waals surface area contributed by atoms with Gasteiger partial charge in [-0.25, -0.2) is 0 Å². The lowest BCUT2D eigenvalue weighted by Gasteiger charge is -2.30. The predicted molar refractivity (Wildman–Crippen MR) is 86.4 cm³/mol. The van der Waals surface area contributed by atoms with E-state index in [9.17, 15) is 9.59 Å². The van der Waals surface area contributed by atoms with Crippen LogP contribution in [0.1, 0.15) is 19.3 Å². The van der Waals surface area contributed by atoms with E-state index in [2.05, 4.69) is 15.9 Å². The van der Waals surface area contributed by atoms with Crippen molar-refractivity contribution in [3.8, 4) is 0 Å². The zero-order chi connectivity index (χ0) is 15.2. The molecule has 0 spiro atoms. The second kappa shape index (κ2) is 7.84. The first kappa shape index (κ1) is 16.4. The molecule has 0 saturated carbocycles. The normalized spacial score (nSPS) is 16.0. The largest absolute Gasteiger partial charge is 0.481 e. The summed E-state index contributed by atoms with van der Waals surface area (Å²) < 4.78 is 1.05. The molecule has 1 saturated heterocycles. The summed E-state index contributed by atoms with van der Waals surface area (Å²) in [5.41, 5.74) is 0. The van der Waals surface area contributed by atoms with E-state index >= 15 is 0 Å². The van der Waals surface area contributed by atoms with Gasteiger partial charge in [-0.3, -0.25) is 9.59 Å². The SMILES string of the molecule is O=C(O)C1CCN(C(=O)CCSc2ccc(Br)cc2)CC1. The molecule has 1 N–H and O–H groups in total. The second-order valence-electron chi connectivity index (χ2n) is 5.05. The van der Waals surface area contributed by atoms with Crippen molar-refractivity contribution in [1.82, 2.24) is 4.90 Å². The number of carbonyl (C=O) groups excluding carboxylic acids is 1. The van der Waals surface area contributed by atoms with Gasteiger partial charge in [-0.05, 0) is 37.1 Å². The van der Waals surface area contributed by atoms with Gasteiger partial charge in [-0.1, -0.05) is 15.9 Å². The lowest BCUT2D eigenvalue weighted by molar-refractivity contribution is -0.145. The molecular formula is C15H18BrNO3S. The van der Waals surface area contributed by atoms with Gasteiger partial charge in [-0.15, -0.1) is 11.8 Å². The van der Waals surface area contributed by atoms with Crippen LogP contribution >= 0.6 is 27.7 Å². The summed E-state index contributed by atoms with van der Waals surface area (Å²) in [6.45, 7) is 1.14. The molecule has 4 nitrogen and oxygen atoms in total. The summed E-state index contributed by atoms with van der Waals surface area (Å²) in [7, 11) is 0. The maximum Gasteiger partial charge on any atom is 0.306 e. The zero-order valence-electron chi connectivity index (χ0n) is 11.6. The number of amides is 1. The lowest BCUT2D eigenvalue weighted by Crippen LogP contribution is -2.40. The maximum atomic E-state index is 12.1. The van der Waals surface area contributed by atoms with E-state index < -0.39 is 5.97 Å². The molecule has 1 aliphatic rings. The number of piperidine rings is 1. The van der Waals surface area contributed by atoms with Crippen molar-refractivity contribution in [1.29, 1.82) is 0 Å². The first-order chi connectivity index (χ1) is 10.1. The van der Waals surface area contributed by atoms with Crippen molar-refractivity contribution < 1.29 is 14.7 Å². The molecular weight excluding hydrogens is 354 g/mol. The molecule has 1 heterocycles. The summed E-state index contributed by atoms with van der Waals surface area (Å²) in [6, 6.07) is 8.02.